The van der Waals surface area contributed by atoms with Crippen LogP contribution in [0.15, 0.2) is 60.7 Å². The van der Waals surface area contributed by atoms with Crippen molar-refractivity contribution in [1.29, 1.82) is 0 Å². The van der Waals surface area contributed by atoms with E-state index in [0.29, 0.717) is 23.1 Å². The zero-order chi connectivity index (χ0) is 23.7. The number of rotatable bonds is 5. The minimum Gasteiger partial charge on any atom is -0.451 e. The molecule has 0 aromatic heterocycles. The van der Waals surface area contributed by atoms with Gasteiger partial charge in [0.15, 0.2) is 6.10 Å². The Bertz CT molecular complexity index is 1210. The second-order valence-corrected chi connectivity index (χ2v) is 9.99. The lowest BCUT2D eigenvalue weighted by Gasteiger charge is -2.37. The van der Waals surface area contributed by atoms with Gasteiger partial charge < -0.3 is 4.74 Å². The average Bonchev–Trinajstić information content (AvgIpc) is 3.62. The highest BCUT2D eigenvalue weighted by atomic mass is 16.5. The Morgan fingerprint density at radius 2 is 1.38 bits per heavy atom. The molecule has 2 aromatic carbocycles. The van der Waals surface area contributed by atoms with Crippen molar-refractivity contribution in [1.82, 2.24) is 0 Å². The van der Waals surface area contributed by atoms with Crippen molar-refractivity contribution in [2.45, 2.75) is 26.4 Å². The standard InChI is InChI=1S/C28H25NO5/c1-14-3-5-16(6-4-14)25(30)15(2)34-28(33)17-7-9-18(10-8-17)29-26(31)23-19-11-12-20(22-13-21(19)22)24(23)27(29)32/h3-12,15,19-24H,13H2,1-2H3/t15-,19+,20+,21+,22+,23-,24+/m0/s1. The van der Waals surface area contributed by atoms with Crippen LogP contribution in [-0.4, -0.2) is 29.7 Å². The van der Waals surface area contributed by atoms with Crippen molar-refractivity contribution < 1.29 is 23.9 Å². The number of nitrogens with zero attached hydrogens (tertiary/aromatic N) is 1. The smallest absolute Gasteiger partial charge is 0.338 e. The van der Waals surface area contributed by atoms with E-state index in [2.05, 4.69) is 12.2 Å². The number of benzene rings is 2. The SMILES string of the molecule is Cc1ccc(C(=O)[C@H](C)OC(=O)c2ccc(N3C(=O)[C@@H]4[C@@H]5C=C[C@H]([C@H]6C[C@H]56)[C@@H]4C3=O)cc2)cc1. The molecule has 172 valence electrons. The zero-order valence-corrected chi connectivity index (χ0v) is 19.0. The van der Waals surface area contributed by atoms with Crippen LogP contribution in [0, 0.1) is 42.4 Å². The molecule has 1 heterocycles. The van der Waals surface area contributed by atoms with Gasteiger partial charge in [-0.05, 0) is 68.2 Å². The molecule has 34 heavy (non-hydrogen) atoms. The van der Waals surface area contributed by atoms with E-state index in [1.54, 1.807) is 31.2 Å². The summed E-state index contributed by atoms with van der Waals surface area (Å²) in [6.45, 7) is 3.48. The van der Waals surface area contributed by atoms with Crippen LogP contribution in [0.2, 0.25) is 0 Å². The van der Waals surface area contributed by atoms with Gasteiger partial charge >= 0.3 is 5.97 Å². The van der Waals surface area contributed by atoms with Gasteiger partial charge in [0.05, 0.1) is 23.1 Å². The Hall–Kier alpha value is -3.54. The van der Waals surface area contributed by atoms with Crippen molar-refractivity contribution in [3.63, 3.8) is 0 Å². The van der Waals surface area contributed by atoms with Gasteiger partial charge in [-0.3, -0.25) is 19.3 Å². The highest BCUT2D eigenvalue weighted by Crippen LogP contribution is 2.65. The Morgan fingerprint density at radius 1 is 0.853 bits per heavy atom. The van der Waals surface area contributed by atoms with Crippen molar-refractivity contribution >= 4 is 29.3 Å². The Morgan fingerprint density at radius 3 is 1.94 bits per heavy atom. The van der Waals surface area contributed by atoms with Gasteiger partial charge in [-0.25, -0.2) is 4.79 Å². The summed E-state index contributed by atoms with van der Waals surface area (Å²) in [6, 6.07) is 13.4. The number of Topliss-reactive ketones (excluding diaryl/α,β-unsaturated/α-hetero) is 1. The van der Waals surface area contributed by atoms with Gasteiger partial charge in [-0.1, -0.05) is 42.0 Å². The van der Waals surface area contributed by atoms with E-state index in [1.165, 1.54) is 17.0 Å². The van der Waals surface area contributed by atoms with Crippen LogP contribution in [0.1, 0.15) is 39.6 Å². The topological polar surface area (TPSA) is 80.8 Å². The molecule has 7 atom stereocenters. The normalized spacial score (nSPS) is 31.2. The van der Waals surface area contributed by atoms with E-state index in [0.717, 1.165) is 12.0 Å². The number of imide groups is 1. The van der Waals surface area contributed by atoms with Gasteiger partial charge in [0.25, 0.3) is 0 Å². The molecule has 7 rings (SSSR count). The third kappa shape index (κ3) is 3.08. The first kappa shape index (κ1) is 21.0. The number of carbonyl (C=O) groups excluding carboxylic acids is 4. The summed E-state index contributed by atoms with van der Waals surface area (Å²) < 4.78 is 5.38. The number of carbonyl (C=O) groups is 4. The van der Waals surface area contributed by atoms with Crippen molar-refractivity contribution in [2.24, 2.45) is 35.5 Å². The Labute approximate surface area is 197 Å². The van der Waals surface area contributed by atoms with E-state index >= 15 is 0 Å². The summed E-state index contributed by atoms with van der Waals surface area (Å²) in [5.41, 5.74) is 2.25. The predicted molar refractivity (Wildman–Crippen MR) is 124 cm³/mol. The molecule has 3 fully saturated rings. The third-order valence-electron chi connectivity index (χ3n) is 8.01. The number of anilines is 1. The Balaban J connectivity index is 1.16. The van der Waals surface area contributed by atoms with E-state index in [4.69, 9.17) is 4.74 Å². The second-order valence-electron chi connectivity index (χ2n) is 9.99. The first-order valence-electron chi connectivity index (χ1n) is 11.8. The average molecular weight is 456 g/mol. The van der Waals surface area contributed by atoms with Crippen LogP contribution < -0.4 is 4.90 Å². The number of hydrogen-bond donors (Lipinski definition) is 0. The Kier molecular flexibility index (Phi) is 4.63. The number of aryl methyl sites for hydroxylation is 1. The van der Waals surface area contributed by atoms with E-state index in [9.17, 15) is 19.2 Å². The molecule has 2 aromatic rings. The van der Waals surface area contributed by atoms with Crippen LogP contribution in [0.3, 0.4) is 0 Å². The first-order valence-corrected chi connectivity index (χ1v) is 11.8. The second kappa shape index (κ2) is 7.49. The molecule has 0 unspecified atom stereocenters. The third-order valence-corrected chi connectivity index (χ3v) is 8.01. The van der Waals surface area contributed by atoms with Crippen LogP contribution in [0.5, 0.6) is 0 Å². The van der Waals surface area contributed by atoms with Gasteiger partial charge in [0.2, 0.25) is 17.6 Å². The number of amides is 2. The minimum atomic E-state index is -0.936. The maximum atomic E-state index is 13.2. The summed E-state index contributed by atoms with van der Waals surface area (Å²) >= 11 is 0. The lowest BCUT2D eigenvalue weighted by atomic mass is 9.63. The molecule has 1 saturated heterocycles. The fraction of sp³-hybridized carbons (Fsp3) is 0.357. The lowest BCUT2D eigenvalue weighted by Crippen LogP contribution is -2.40. The quantitative estimate of drug-likeness (QED) is 0.295. The highest BCUT2D eigenvalue weighted by molar-refractivity contribution is 6.22. The molecule has 0 spiro atoms. The van der Waals surface area contributed by atoms with Gasteiger partial charge in [0.1, 0.15) is 0 Å². The van der Waals surface area contributed by atoms with E-state index in [-0.39, 0.29) is 46.8 Å². The maximum Gasteiger partial charge on any atom is 0.338 e. The molecule has 0 radical (unpaired) electrons. The molecule has 5 aliphatic rings. The number of ketones is 1. The van der Waals surface area contributed by atoms with Crippen LogP contribution in [0.25, 0.3) is 0 Å². The van der Waals surface area contributed by atoms with Crippen LogP contribution in [0.4, 0.5) is 5.69 Å². The zero-order valence-electron chi connectivity index (χ0n) is 19.0. The largest absolute Gasteiger partial charge is 0.451 e. The van der Waals surface area contributed by atoms with Crippen molar-refractivity contribution in [2.75, 3.05) is 4.90 Å². The summed E-state index contributed by atoms with van der Waals surface area (Å²) in [5, 5.41) is 0. The molecule has 2 amide bonds. The summed E-state index contributed by atoms with van der Waals surface area (Å²) in [4.78, 5) is 53.0. The fourth-order valence-corrected chi connectivity index (χ4v) is 6.19. The summed E-state index contributed by atoms with van der Waals surface area (Å²) in [5.74, 6) is -0.249. The number of hydrogen-bond acceptors (Lipinski definition) is 5. The molecule has 1 aliphatic heterocycles. The molecule has 2 bridgehead atoms. The number of allylic oxidation sites excluding steroid dienone is 2. The minimum absolute atomic E-state index is 0.132. The molecular weight excluding hydrogens is 430 g/mol. The van der Waals surface area contributed by atoms with E-state index in [1.807, 2.05) is 19.1 Å². The fourth-order valence-electron chi connectivity index (χ4n) is 6.19. The first-order chi connectivity index (χ1) is 16.3. The van der Waals surface area contributed by atoms with Gasteiger partial charge in [-0.15, -0.1) is 0 Å². The van der Waals surface area contributed by atoms with Crippen molar-refractivity contribution in [3.8, 4) is 0 Å². The van der Waals surface area contributed by atoms with Crippen LogP contribution in [-0.2, 0) is 14.3 Å². The van der Waals surface area contributed by atoms with Gasteiger partial charge in [-0.2, -0.15) is 0 Å². The summed E-state index contributed by atoms with van der Waals surface area (Å²) in [6.07, 6.45) is 4.48. The van der Waals surface area contributed by atoms with Crippen molar-refractivity contribution in [3.05, 3.63) is 77.4 Å². The maximum absolute atomic E-state index is 13.2. The monoisotopic (exact) mass is 455 g/mol. The number of ether oxygens (including phenoxy) is 1. The molecule has 0 N–H and O–H groups in total. The summed E-state index contributed by atoms with van der Waals surface area (Å²) in [7, 11) is 0. The predicted octanol–water partition coefficient (Wildman–Crippen LogP) is 3.98. The molecular formula is C28H25NO5. The van der Waals surface area contributed by atoms with E-state index < -0.39 is 12.1 Å². The molecule has 2 saturated carbocycles. The molecule has 4 aliphatic carbocycles. The lowest BCUT2D eigenvalue weighted by molar-refractivity contribution is -0.124. The number of esters is 1. The van der Waals surface area contributed by atoms with Crippen LogP contribution >= 0.6 is 0 Å². The molecule has 6 heteroatoms. The highest BCUT2D eigenvalue weighted by Gasteiger charge is 2.67. The molecule has 6 nitrogen and oxygen atoms in total. The van der Waals surface area contributed by atoms with Gasteiger partial charge in [0, 0.05) is 5.56 Å².